The Hall–Kier alpha value is -1.02. The van der Waals surface area contributed by atoms with Crippen LogP contribution in [-0.2, 0) is 11.3 Å². The summed E-state index contributed by atoms with van der Waals surface area (Å²) in [5, 5.41) is 9.72. The summed E-state index contributed by atoms with van der Waals surface area (Å²) >= 11 is 6.09. The first-order valence-electron chi connectivity index (χ1n) is 6.63. The van der Waals surface area contributed by atoms with Crippen LogP contribution in [-0.4, -0.2) is 31.5 Å². The number of nitrogens with zero attached hydrogens (tertiary/aromatic N) is 1. The third kappa shape index (κ3) is 8.77. The van der Waals surface area contributed by atoms with E-state index in [4.69, 9.17) is 11.6 Å². The number of hydrogen-bond donors (Lipinski definition) is 3. The molecule has 118 valence electrons. The Balaban J connectivity index is 0.00000400. The van der Waals surface area contributed by atoms with Gasteiger partial charge in [-0.05, 0) is 18.6 Å². The minimum Gasteiger partial charge on any atom is -0.357 e. The van der Waals surface area contributed by atoms with Crippen LogP contribution in [0.4, 0.5) is 0 Å². The maximum absolute atomic E-state index is 10.8. The standard InChI is InChI=1S/C14H21ClN4O.HI/c1-3-16-14(18-9-8-17-11(2)20)19-10-12-6-4-5-7-13(12)15;/h4-7H,3,8-10H2,1-2H3,(H,17,20)(H2,16,18,19);1H. The van der Waals surface area contributed by atoms with Crippen LogP contribution in [0.1, 0.15) is 19.4 Å². The zero-order valence-electron chi connectivity index (χ0n) is 12.3. The fourth-order valence-electron chi connectivity index (χ4n) is 1.55. The van der Waals surface area contributed by atoms with Crippen LogP contribution in [0.25, 0.3) is 0 Å². The van der Waals surface area contributed by atoms with Gasteiger partial charge in [0, 0.05) is 31.6 Å². The van der Waals surface area contributed by atoms with Crippen molar-refractivity contribution < 1.29 is 4.79 Å². The second-order valence-electron chi connectivity index (χ2n) is 4.20. The van der Waals surface area contributed by atoms with Gasteiger partial charge in [0.2, 0.25) is 5.91 Å². The van der Waals surface area contributed by atoms with Crippen molar-refractivity contribution in [2.24, 2.45) is 4.99 Å². The van der Waals surface area contributed by atoms with E-state index >= 15 is 0 Å². The number of carbonyl (C=O) groups excluding carboxylic acids is 1. The highest BCUT2D eigenvalue weighted by atomic mass is 127. The molecule has 0 spiro atoms. The summed E-state index contributed by atoms with van der Waals surface area (Å²) in [6, 6.07) is 7.64. The van der Waals surface area contributed by atoms with Crippen LogP contribution in [0.2, 0.25) is 5.02 Å². The molecule has 0 saturated carbocycles. The molecule has 21 heavy (non-hydrogen) atoms. The van der Waals surface area contributed by atoms with Gasteiger partial charge in [0.25, 0.3) is 0 Å². The molecule has 1 rings (SSSR count). The quantitative estimate of drug-likeness (QED) is 0.284. The number of rotatable bonds is 6. The van der Waals surface area contributed by atoms with E-state index in [2.05, 4.69) is 20.9 Å². The van der Waals surface area contributed by atoms with Gasteiger partial charge in [0.15, 0.2) is 5.96 Å². The third-order valence-electron chi connectivity index (χ3n) is 2.50. The van der Waals surface area contributed by atoms with Crippen LogP contribution in [0.5, 0.6) is 0 Å². The second kappa shape index (κ2) is 11.6. The Labute approximate surface area is 148 Å². The molecule has 0 saturated heterocycles. The molecule has 0 unspecified atom stereocenters. The van der Waals surface area contributed by atoms with Crippen LogP contribution in [0, 0.1) is 0 Å². The molecule has 7 heteroatoms. The first-order valence-corrected chi connectivity index (χ1v) is 7.01. The van der Waals surface area contributed by atoms with Gasteiger partial charge >= 0.3 is 0 Å². The summed E-state index contributed by atoms with van der Waals surface area (Å²) in [6.07, 6.45) is 0. The molecule has 1 amide bonds. The third-order valence-corrected chi connectivity index (χ3v) is 2.87. The minimum absolute atomic E-state index is 0. The average molecular weight is 425 g/mol. The largest absolute Gasteiger partial charge is 0.357 e. The van der Waals surface area contributed by atoms with Gasteiger partial charge in [-0.25, -0.2) is 4.99 Å². The molecule has 0 bridgehead atoms. The SMILES string of the molecule is CCNC(=NCc1ccccc1Cl)NCCNC(C)=O.I. The Kier molecular flexibility index (Phi) is 11.1. The van der Waals surface area contributed by atoms with E-state index in [1.807, 2.05) is 31.2 Å². The summed E-state index contributed by atoms with van der Waals surface area (Å²) in [6.45, 7) is 5.96. The highest BCUT2D eigenvalue weighted by Gasteiger charge is 2.00. The molecule has 0 fully saturated rings. The fourth-order valence-corrected chi connectivity index (χ4v) is 1.75. The summed E-state index contributed by atoms with van der Waals surface area (Å²) in [5.74, 6) is 0.669. The van der Waals surface area contributed by atoms with Crippen LogP contribution < -0.4 is 16.0 Å². The summed E-state index contributed by atoms with van der Waals surface area (Å²) in [7, 11) is 0. The van der Waals surface area contributed by atoms with E-state index in [0.717, 1.165) is 12.1 Å². The number of carbonyl (C=O) groups is 1. The van der Waals surface area contributed by atoms with Crippen molar-refractivity contribution in [2.45, 2.75) is 20.4 Å². The smallest absolute Gasteiger partial charge is 0.216 e. The molecular weight excluding hydrogens is 403 g/mol. The molecular formula is C14H22ClIN4O. The number of amides is 1. The minimum atomic E-state index is -0.0372. The molecule has 0 atom stereocenters. The molecule has 3 N–H and O–H groups in total. The maximum Gasteiger partial charge on any atom is 0.216 e. The summed E-state index contributed by atoms with van der Waals surface area (Å²) < 4.78 is 0. The number of guanidine groups is 1. The lowest BCUT2D eigenvalue weighted by atomic mass is 10.2. The van der Waals surface area contributed by atoms with Crippen molar-refractivity contribution in [3.63, 3.8) is 0 Å². The summed E-state index contributed by atoms with van der Waals surface area (Å²) in [4.78, 5) is 15.2. The lowest BCUT2D eigenvalue weighted by molar-refractivity contribution is -0.118. The van der Waals surface area contributed by atoms with E-state index in [0.29, 0.717) is 30.6 Å². The van der Waals surface area contributed by atoms with Gasteiger partial charge in [-0.3, -0.25) is 4.79 Å². The molecule has 0 aliphatic heterocycles. The van der Waals surface area contributed by atoms with E-state index in [1.54, 1.807) is 0 Å². The zero-order chi connectivity index (χ0) is 14.8. The molecule has 0 heterocycles. The number of nitrogens with one attached hydrogen (secondary N) is 3. The van der Waals surface area contributed by atoms with E-state index < -0.39 is 0 Å². The van der Waals surface area contributed by atoms with Gasteiger partial charge in [-0.1, -0.05) is 29.8 Å². The van der Waals surface area contributed by atoms with Crippen molar-refractivity contribution in [1.29, 1.82) is 0 Å². The van der Waals surface area contributed by atoms with E-state index in [-0.39, 0.29) is 29.9 Å². The Bertz CT molecular complexity index is 468. The van der Waals surface area contributed by atoms with Crippen LogP contribution in [0.3, 0.4) is 0 Å². The molecule has 1 aromatic rings. The Morgan fingerprint density at radius 3 is 2.48 bits per heavy atom. The van der Waals surface area contributed by atoms with Gasteiger partial charge in [0.1, 0.15) is 0 Å². The normalized spacial score (nSPS) is 10.5. The second-order valence-corrected chi connectivity index (χ2v) is 4.60. The van der Waals surface area contributed by atoms with Crippen molar-refractivity contribution in [2.75, 3.05) is 19.6 Å². The number of hydrogen-bond acceptors (Lipinski definition) is 2. The first-order chi connectivity index (χ1) is 9.63. The monoisotopic (exact) mass is 424 g/mol. The molecule has 1 aromatic carbocycles. The van der Waals surface area contributed by atoms with E-state index in [9.17, 15) is 4.79 Å². The number of halogens is 2. The van der Waals surface area contributed by atoms with Crippen molar-refractivity contribution in [1.82, 2.24) is 16.0 Å². The predicted molar refractivity (Wildman–Crippen MR) is 98.4 cm³/mol. The van der Waals surface area contributed by atoms with Gasteiger partial charge in [0.05, 0.1) is 6.54 Å². The first kappa shape index (κ1) is 20.0. The van der Waals surface area contributed by atoms with Crippen molar-refractivity contribution in [3.05, 3.63) is 34.9 Å². The molecule has 0 aliphatic carbocycles. The van der Waals surface area contributed by atoms with Crippen LogP contribution in [0.15, 0.2) is 29.3 Å². The lowest BCUT2D eigenvalue weighted by Gasteiger charge is -2.11. The number of benzene rings is 1. The maximum atomic E-state index is 10.8. The average Bonchev–Trinajstić information content (AvgIpc) is 2.42. The number of aliphatic imine (C=N–C) groups is 1. The van der Waals surface area contributed by atoms with Gasteiger partial charge in [-0.2, -0.15) is 0 Å². The lowest BCUT2D eigenvalue weighted by Crippen LogP contribution is -2.41. The van der Waals surface area contributed by atoms with Crippen molar-refractivity contribution in [3.8, 4) is 0 Å². The molecule has 5 nitrogen and oxygen atoms in total. The summed E-state index contributed by atoms with van der Waals surface area (Å²) in [5.41, 5.74) is 0.980. The predicted octanol–water partition coefficient (Wildman–Crippen LogP) is 2.15. The van der Waals surface area contributed by atoms with Gasteiger partial charge in [-0.15, -0.1) is 24.0 Å². The Morgan fingerprint density at radius 1 is 1.19 bits per heavy atom. The van der Waals surface area contributed by atoms with Crippen LogP contribution >= 0.6 is 35.6 Å². The van der Waals surface area contributed by atoms with Crippen molar-refractivity contribution >= 4 is 47.4 Å². The zero-order valence-corrected chi connectivity index (χ0v) is 15.4. The topological polar surface area (TPSA) is 65.5 Å². The molecule has 0 aromatic heterocycles. The van der Waals surface area contributed by atoms with Gasteiger partial charge < -0.3 is 16.0 Å². The van der Waals surface area contributed by atoms with E-state index in [1.165, 1.54) is 6.92 Å². The molecule has 0 radical (unpaired) electrons. The highest BCUT2D eigenvalue weighted by Crippen LogP contribution is 2.15. The fraction of sp³-hybridized carbons (Fsp3) is 0.429. The molecule has 0 aliphatic rings. The highest BCUT2D eigenvalue weighted by molar-refractivity contribution is 14.0. The Morgan fingerprint density at radius 2 is 1.86 bits per heavy atom.